The van der Waals surface area contributed by atoms with E-state index in [0.717, 1.165) is 12.8 Å². The van der Waals surface area contributed by atoms with Gasteiger partial charge in [-0.15, -0.1) is 0 Å². The maximum Gasteiger partial charge on any atom is 0.0595 e. The molecule has 17 heavy (non-hydrogen) atoms. The third-order valence-corrected chi connectivity index (χ3v) is 3.66. The Bertz CT molecular complexity index is 529. The summed E-state index contributed by atoms with van der Waals surface area (Å²) in [5.41, 5.74) is 3.84. The number of rotatable bonds is 3. The van der Waals surface area contributed by atoms with Gasteiger partial charge in [0.25, 0.3) is 0 Å². The average molecular weight is 268 g/mol. The molecule has 0 fully saturated rings. The van der Waals surface area contributed by atoms with E-state index < -0.39 is 0 Å². The maximum atomic E-state index is 6.01. The second-order valence-electron chi connectivity index (χ2n) is 4.23. The molecule has 3 heteroatoms. The van der Waals surface area contributed by atoms with Gasteiger partial charge in [-0.3, -0.25) is 0 Å². The molecule has 1 nitrogen and oxygen atoms in total. The van der Waals surface area contributed by atoms with Crippen molar-refractivity contribution in [2.45, 2.75) is 19.8 Å². The molecule has 0 aliphatic rings. The molecular weight excluding hydrogens is 253 g/mol. The molecule has 0 N–H and O–H groups in total. The van der Waals surface area contributed by atoms with Crippen LogP contribution < -0.4 is 0 Å². The third-order valence-electron chi connectivity index (χ3n) is 2.92. The molecule has 0 saturated carbocycles. The molecule has 1 aromatic carbocycles. The largest absolute Gasteiger partial charge is 0.354 e. The second kappa shape index (κ2) is 5.16. The summed E-state index contributed by atoms with van der Waals surface area (Å²) < 4.78 is 2.17. The highest BCUT2D eigenvalue weighted by Crippen LogP contribution is 2.24. The molecule has 2 aromatic rings. The first kappa shape index (κ1) is 12.5. The van der Waals surface area contributed by atoms with Crippen molar-refractivity contribution in [2.24, 2.45) is 7.05 Å². The maximum absolute atomic E-state index is 6.01. The van der Waals surface area contributed by atoms with Gasteiger partial charge < -0.3 is 4.57 Å². The zero-order valence-corrected chi connectivity index (χ0v) is 11.5. The quantitative estimate of drug-likeness (QED) is 0.773. The van der Waals surface area contributed by atoms with Gasteiger partial charge in [0.15, 0.2) is 0 Å². The van der Waals surface area contributed by atoms with Crippen LogP contribution in [-0.2, 0) is 19.9 Å². The van der Waals surface area contributed by atoms with Gasteiger partial charge in [0.05, 0.1) is 10.0 Å². The number of hydrogen-bond acceptors (Lipinski definition) is 0. The number of halogens is 2. The lowest BCUT2D eigenvalue weighted by Gasteiger charge is -2.01. The summed E-state index contributed by atoms with van der Waals surface area (Å²) in [7, 11) is 2.08. The van der Waals surface area contributed by atoms with Crippen LogP contribution in [0.5, 0.6) is 0 Å². The van der Waals surface area contributed by atoms with E-state index in [4.69, 9.17) is 23.2 Å². The second-order valence-corrected chi connectivity index (χ2v) is 5.04. The van der Waals surface area contributed by atoms with Crippen LogP contribution in [0.25, 0.3) is 0 Å². The van der Waals surface area contributed by atoms with Crippen molar-refractivity contribution >= 4 is 23.2 Å². The van der Waals surface area contributed by atoms with Crippen LogP contribution in [0.4, 0.5) is 0 Å². The summed E-state index contributed by atoms with van der Waals surface area (Å²) in [5.74, 6) is 0. The number of aromatic nitrogens is 1. The van der Waals surface area contributed by atoms with Gasteiger partial charge in [-0.1, -0.05) is 36.2 Å². The fraction of sp³-hybridized carbons (Fsp3) is 0.286. The van der Waals surface area contributed by atoms with Gasteiger partial charge in [-0.05, 0) is 42.2 Å². The summed E-state index contributed by atoms with van der Waals surface area (Å²) in [6, 6.07) is 8.04. The predicted molar refractivity (Wildman–Crippen MR) is 74.1 cm³/mol. The van der Waals surface area contributed by atoms with Crippen LogP contribution >= 0.6 is 23.2 Å². The Labute approximate surface area is 112 Å². The minimum Gasteiger partial charge on any atom is -0.354 e. The Morgan fingerprint density at radius 3 is 2.41 bits per heavy atom. The molecule has 0 saturated heterocycles. The molecule has 1 aromatic heterocycles. The van der Waals surface area contributed by atoms with Gasteiger partial charge in [-0.2, -0.15) is 0 Å². The zero-order chi connectivity index (χ0) is 12.4. The van der Waals surface area contributed by atoms with Gasteiger partial charge in [0, 0.05) is 18.9 Å². The SMILES string of the molecule is CCc1cc(Cc2ccc(Cl)c(Cl)c2)cn1C. The molecule has 0 amide bonds. The van der Waals surface area contributed by atoms with Crippen LogP contribution in [0.15, 0.2) is 30.5 Å². The number of hydrogen-bond donors (Lipinski definition) is 0. The van der Waals surface area contributed by atoms with Crippen LogP contribution in [0, 0.1) is 0 Å². The van der Waals surface area contributed by atoms with Gasteiger partial charge in [0.2, 0.25) is 0 Å². The minimum atomic E-state index is 0.609. The van der Waals surface area contributed by atoms with Gasteiger partial charge >= 0.3 is 0 Å². The molecule has 0 aliphatic heterocycles. The number of nitrogens with zero attached hydrogens (tertiary/aromatic N) is 1. The van der Waals surface area contributed by atoms with E-state index in [1.165, 1.54) is 16.8 Å². The molecule has 0 radical (unpaired) electrons. The Balaban J connectivity index is 2.22. The fourth-order valence-electron chi connectivity index (χ4n) is 2.02. The highest BCUT2D eigenvalue weighted by Gasteiger charge is 2.04. The lowest BCUT2D eigenvalue weighted by molar-refractivity contribution is 0.836. The summed E-state index contributed by atoms with van der Waals surface area (Å²) in [6.45, 7) is 2.16. The van der Waals surface area contributed by atoms with Crippen molar-refractivity contribution in [1.82, 2.24) is 4.57 Å². The predicted octanol–water partition coefficient (Wildman–Crippen LogP) is 4.49. The Morgan fingerprint density at radius 2 is 1.82 bits per heavy atom. The lowest BCUT2D eigenvalue weighted by atomic mass is 10.1. The first-order valence-electron chi connectivity index (χ1n) is 5.68. The standard InChI is InChI=1S/C14H15Cl2N/c1-3-12-7-11(9-17(12)2)6-10-4-5-13(15)14(16)8-10/h4-5,7-9H,3,6H2,1-2H3. The minimum absolute atomic E-state index is 0.609. The Morgan fingerprint density at radius 1 is 1.06 bits per heavy atom. The van der Waals surface area contributed by atoms with Crippen molar-refractivity contribution in [3.8, 4) is 0 Å². The monoisotopic (exact) mass is 267 g/mol. The third kappa shape index (κ3) is 2.85. The highest BCUT2D eigenvalue weighted by atomic mass is 35.5. The van der Waals surface area contributed by atoms with E-state index in [0.29, 0.717) is 10.0 Å². The van der Waals surface area contributed by atoms with E-state index in [1.807, 2.05) is 18.2 Å². The molecular formula is C14H15Cl2N. The van der Waals surface area contributed by atoms with Crippen molar-refractivity contribution < 1.29 is 0 Å². The first-order valence-corrected chi connectivity index (χ1v) is 6.43. The molecule has 0 spiro atoms. The van der Waals surface area contributed by atoms with Crippen LogP contribution in [-0.4, -0.2) is 4.57 Å². The zero-order valence-electron chi connectivity index (χ0n) is 10.0. The molecule has 0 atom stereocenters. The first-order chi connectivity index (χ1) is 8.10. The topological polar surface area (TPSA) is 4.93 Å². The molecule has 2 rings (SSSR count). The summed E-state index contributed by atoms with van der Waals surface area (Å²) in [5, 5.41) is 1.23. The summed E-state index contributed by atoms with van der Waals surface area (Å²) in [4.78, 5) is 0. The van der Waals surface area contributed by atoms with E-state index in [-0.39, 0.29) is 0 Å². The number of aryl methyl sites for hydroxylation is 2. The van der Waals surface area contributed by atoms with Crippen molar-refractivity contribution in [2.75, 3.05) is 0 Å². The van der Waals surface area contributed by atoms with Crippen molar-refractivity contribution in [1.29, 1.82) is 0 Å². The van der Waals surface area contributed by atoms with Gasteiger partial charge in [0.1, 0.15) is 0 Å². The normalized spacial score (nSPS) is 10.8. The smallest absolute Gasteiger partial charge is 0.0595 e. The van der Waals surface area contributed by atoms with E-state index in [9.17, 15) is 0 Å². The van der Waals surface area contributed by atoms with E-state index >= 15 is 0 Å². The van der Waals surface area contributed by atoms with E-state index in [2.05, 4.69) is 30.8 Å². The van der Waals surface area contributed by atoms with Crippen LogP contribution in [0.2, 0.25) is 10.0 Å². The fourth-order valence-corrected chi connectivity index (χ4v) is 2.34. The molecule has 0 unspecified atom stereocenters. The lowest BCUT2D eigenvalue weighted by Crippen LogP contribution is -1.90. The van der Waals surface area contributed by atoms with Crippen molar-refractivity contribution in [3.63, 3.8) is 0 Å². The van der Waals surface area contributed by atoms with Gasteiger partial charge in [-0.25, -0.2) is 0 Å². The van der Waals surface area contributed by atoms with Crippen LogP contribution in [0.3, 0.4) is 0 Å². The molecule has 0 bridgehead atoms. The summed E-state index contributed by atoms with van der Waals surface area (Å²) in [6.07, 6.45) is 4.12. The Hall–Kier alpha value is -0.920. The van der Waals surface area contributed by atoms with E-state index in [1.54, 1.807) is 0 Å². The highest BCUT2D eigenvalue weighted by molar-refractivity contribution is 6.42. The Kier molecular flexibility index (Phi) is 3.80. The van der Waals surface area contributed by atoms with Crippen molar-refractivity contribution in [3.05, 3.63) is 57.3 Å². The van der Waals surface area contributed by atoms with Crippen LogP contribution in [0.1, 0.15) is 23.7 Å². The average Bonchev–Trinajstić information content (AvgIpc) is 2.64. The molecule has 90 valence electrons. The molecule has 0 aliphatic carbocycles. The molecule has 1 heterocycles. The summed E-state index contributed by atoms with van der Waals surface area (Å²) >= 11 is 11.9. The number of benzene rings is 1.